The molecule has 21 heavy (non-hydrogen) atoms. The summed E-state index contributed by atoms with van der Waals surface area (Å²) in [6, 6.07) is 9.56. The Morgan fingerprint density at radius 1 is 1.24 bits per heavy atom. The number of aromatic nitrogens is 3. The zero-order valence-electron chi connectivity index (χ0n) is 12.1. The number of hydrogen-bond acceptors (Lipinski definition) is 4. The molecule has 0 aliphatic carbocycles. The third-order valence-corrected chi connectivity index (χ3v) is 3.16. The zero-order chi connectivity index (χ0) is 14.7. The molecule has 1 aromatic carbocycles. The van der Waals surface area contributed by atoms with Gasteiger partial charge in [0.1, 0.15) is 17.3 Å². The van der Waals surface area contributed by atoms with Crippen LogP contribution in [0.5, 0.6) is 11.5 Å². The van der Waals surface area contributed by atoms with Gasteiger partial charge in [0, 0.05) is 12.3 Å². The summed E-state index contributed by atoms with van der Waals surface area (Å²) in [7, 11) is 1.64. The molecular weight excluding hydrogens is 266 g/mol. The van der Waals surface area contributed by atoms with E-state index < -0.39 is 0 Å². The standard InChI is InChI=1S/C16H17N3O2/c1-3-9-21-14-10-11(20-2)6-7-12(14)15-18-13-5-4-8-17-16(13)19-15/h4-8,10H,3,9H2,1-2H3,(H,17,18,19). The van der Waals surface area contributed by atoms with E-state index in [9.17, 15) is 0 Å². The molecular formula is C16H17N3O2. The van der Waals surface area contributed by atoms with E-state index in [2.05, 4.69) is 21.9 Å². The number of fused-ring (bicyclic) bond motifs is 1. The van der Waals surface area contributed by atoms with Gasteiger partial charge in [-0.05, 0) is 30.7 Å². The maximum absolute atomic E-state index is 5.82. The maximum Gasteiger partial charge on any atom is 0.178 e. The normalized spacial score (nSPS) is 10.8. The first-order valence-electron chi connectivity index (χ1n) is 6.93. The highest BCUT2D eigenvalue weighted by Gasteiger charge is 2.12. The molecule has 5 nitrogen and oxygen atoms in total. The van der Waals surface area contributed by atoms with Crippen molar-refractivity contribution in [1.82, 2.24) is 15.0 Å². The number of pyridine rings is 1. The summed E-state index contributed by atoms with van der Waals surface area (Å²) in [5, 5.41) is 0. The SMILES string of the molecule is CCCOc1cc(OC)ccc1-c1nc2ncccc2[nH]1. The second kappa shape index (κ2) is 5.83. The summed E-state index contributed by atoms with van der Waals surface area (Å²) in [4.78, 5) is 12.0. The van der Waals surface area contributed by atoms with Crippen molar-refractivity contribution in [2.24, 2.45) is 0 Å². The molecule has 0 bridgehead atoms. The molecule has 0 radical (unpaired) electrons. The molecule has 0 aliphatic rings. The predicted octanol–water partition coefficient (Wildman–Crippen LogP) is 3.42. The molecule has 108 valence electrons. The number of hydrogen-bond donors (Lipinski definition) is 1. The Morgan fingerprint density at radius 2 is 2.14 bits per heavy atom. The van der Waals surface area contributed by atoms with E-state index in [-0.39, 0.29) is 0 Å². The van der Waals surface area contributed by atoms with Gasteiger partial charge in [-0.25, -0.2) is 9.97 Å². The molecule has 2 aromatic heterocycles. The van der Waals surface area contributed by atoms with Gasteiger partial charge in [0.05, 0.1) is 24.8 Å². The first-order valence-corrected chi connectivity index (χ1v) is 6.93. The third kappa shape index (κ3) is 2.67. The first kappa shape index (κ1) is 13.4. The minimum atomic E-state index is 0.651. The van der Waals surface area contributed by atoms with Crippen LogP contribution in [-0.4, -0.2) is 28.7 Å². The molecule has 0 spiro atoms. The highest BCUT2D eigenvalue weighted by Crippen LogP contribution is 2.32. The lowest BCUT2D eigenvalue weighted by molar-refractivity contribution is 0.316. The second-order valence-corrected chi connectivity index (χ2v) is 4.67. The van der Waals surface area contributed by atoms with Gasteiger partial charge in [-0.3, -0.25) is 0 Å². The van der Waals surface area contributed by atoms with Crippen LogP contribution in [0.2, 0.25) is 0 Å². The van der Waals surface area contributed by atoms with Gasteiger partial charge in [-0.2, -0.15) is 0 Å². The zero-order valence-corrected chi connectivity index (χ0v) is 12.1. The quantitative estimate of drug-likeness (QED) is 0.779. The summed E-state index contributed by atoms with van der Waals surface area (Å²) in [6.45, 7) is 2.73. The molecule has 0 atom stereocenters. The lowest BCUT2D eigenvalue weighted by atomic mass is 10.2. The van der Waals surface area contributed by atoms with Crippen LogP contribution in [0.15, 0.2) is 36.5 Å². The van der Waals surface area contributed by atoms with Crippen molar-refractivity contribution >= 4 is 11.2 Å². The van der Waals surface area contributed by atoms with E-state index in [0.29, 0.717) is 12.3 Å². The smallest absolute Gasteiger partial charge is 0.178 e. The van der Waals surface area contributed by atoms with Crippen molar-refractivity contribution in [2.45, 2.75) is 13.3 Å². The lowest BCUT2D eigenvalue weighted by Gasteiger charge is -2.11. The topological polar surface area (TPSA) is 60.0 Å². The van der Waals surface area contributed by atoms with Crippen LogP contribution in [0.4, 0.5) is 0 Å². The van der Waals surface area contributed by atoms with E-state index in [0.717, 1.165) is 34.8 Å². The number of methoxy groups -OCH3 is 1. The van der Waals surface area contributed by atoms with Crippen molar-refractivity contribution in [3.63, 3.8) is 0 Å². The van der Waals surface area contributed by atoms with E-state index in [4.69, 9.17) is 9.47 Å². The number of aromatic amines is 1. The van der Waals surface area contributed by atoms with E-state index in [1.165, 1.54) is 0 Å². The summed E-state index contributed by atoms with van der Waals surface area (Å²) in [5.41, 5.74) is 2.51. The summed E-state index contributed by atoms with van der Waals surface area (Å²) in [5.74, 6) is 2.27. The van der Waals surface area contributed by atoms with E-state index in [1.54, 1.807) is 13.3 Å². The van der Waals surface area contributed by atoms with Crippen molar-refractivity contribution < 1.29 is 9.47 Å². The van der Waals surface area contributed by atoms with Gasteiger partial charge in [-0.1, -0.05) is 6.92 Å². The number of ether oxygens (including phenoxy) is 2. The molecule has 0 saturated carbocycles. The Kier molecular flexibility index (Phi) is 3.73. The first-order chi connectivity index (χ1) is 10.3. The van der Waals surface area contributed by atoms with Crippen LogP contribution in [0.3, 0.4) is 0 Å². The molecule has 0 amide bonds. The van der Waals surface area contributed by atoms with Gasteiger partial charge in [0.2, 0.25) is 0 Å². The van der Waals surface area contributed by atoms with Gasteiger partial charge >= 0.3 is 0 Å². The van der Waals surface area contributed by atoms with Gasteiger partial charge in [0.15, 0.2) is 5.65 Å². The summed E-state index contributed by atoms with van der Waals surface area (Å²) in [6.07, 6.45) is 2.67. The molecule has 3 aromatic rings. The average molecular weight is 283 g/mol. The van der Waals surface area contributed by atoms with Crippen LogP contribution in [0.25, 0.3) is 22.6 Å². The minimum absolute atomic E-state index is 0.651. The summed E-state index contributed by atoms with van der Waals surface area (Å²) < 4.78 is 11.1. The largest absolute Gasteiger partial charge is 0.497 e. The van der Waals surface area contributed by atoms with Gasteiger partial charge < -0.3 is 14.5 Å². The van der Waals surface area contributed by atoms with Crippen LogP contribution in [0.1, 0.15) is 13.3 Å². The third-order valence-electron chi connectivity index (χ3n) is 3.16. The number of nitrogens with zero attached hydrogens (tertiary/aromatic N) is 2. The Bertz CT molecular complexity index is 719. The summed E-state index contributed by atoms with van der Waals surface area (Å²) >= 11 is 0. The molecule has 1 N–H and O–H groups in total. The Hall–Kier alpha value is -2.56. The Balaban J connectivity index is 2.06. The van der Waals surface area contributed by atoms with E-state index in [1.807, 2.05) is 30.3 Å². The Labute approximate surface area is 123 Å². The molecule has 2 heterocycles. The minimum Gasteiger partial charge on any atom is -0.497 e. The fraction of sp³-hybridized carbons (Fsp3) is 0.250. The Morgan fingerprint density at radius 3 is 2.90 bits per heavy atom. The van der Waals surface area contributed by atoms with Crippen molar-refractivity contribution in [1.29, 1.82) is 0 Å². The highest BCUT2D eigenvalue weighted by molar-refractivity contribution is 5.77. The van der Waals surface area contributed by atoms with Crippen LogP contribution in [-0.2, 0) is 0 Å². The molecule has 0 unspecified atom stereocenters. The number of nitrogens with one attached hydrogen (secondary N) is 1. The number of H-pyrrole nitrogens is 1. The molecule has 0 aliphatic heterocycles. The molecule has 0 saturated heterocycles. The maximum atomic E-state index is 5.82. The van der Waals surface area contributed by atoms with Crippen molar-refractivity contribution in [3.05, 3.63) is 36.5 Å². The fourth-order valence-electron chi connectivity index (χ4n) is 2.13. The number of imidazole rings is 1. The van der Waals surface area contributed by atoms with Gasteiger partial charge in [-0.15, -0.1) is 0 Å². The van der Waals surface area contributed by atoms with Crippen LogP contribution < -0.4 is 9.47 Å². The number of benzene rings is 1. The lowest BCUT2D eigenvalue weighted by Crippen LogP contribution is -1.98. The highest BCUT2D eigenvalue weighted by atomic mass is 16.5. The second-order valence-electron chi connectivity index (χ2n) is 4.67. The van der Waals surface area contributed by atoms with E-state index >= 15 is 0 Å². The van der Waals surface area contributed by atoms with Crippen LogP contribution >= 0.6 is 0 Å². The van der Waals surface area contributed by atoms with Crippen molar-refractivity contribution in [3.8, 4) is 22.9 Å². The van der Waals surface area contributed by atoms with Gasteiger partial charge in [0.25, 0.3) is 0 Å². The fourth-order valence-corrected chi connectivity index (χ4v) is 2.13. The van der Waals surface area contributed by atoms with Crippen molar-refractivity contribution in [2.75, 3.05) is 13.7 Å². The molecule has 5 heteroatoms. The molecule has 3 rings (SSSR count). The average Bonchev–Trinajstić information content (AvgIpc) is 2.96. The van der Waals surface area contributed by atoms with Crippen LogP contribution in [0, 0.1) is 0 Å². The number of rotatable bonds is 5. The molecule has 0 fully saturated rings. The monoisotopic (exact) mass is 283 g/mol. The predicted molar refractivity (Wildman–Crippen MR) is 81.7 cm³/mol.